The number of likely N-dealkylation sites (N-methyl/N-ethyl adjacent to an activating group) is 1. The molecule has 0 atom stereocenters. The molecule has 6 rings (SSSR count). The zero-order chi connectivity index (χ0) is 33.5. The molecule has 0 saturated heterocycles. The van der Waals surface area contributed by atoms with E-state index in [2.05, 4.69) is 126 Å². The summed E-state index contributed by atoms with van der Waals surface area (Å²) >= 11 is 0. The zero-order valence-corrected chi connectivity index (χ0v) is 29.8. The number of allylic oxidation sites excluding steroid dienone is 7. The molecule has 47 heavy (non-hydrogen) atoms. The molecule has 3 heterocycles. The Morgan fingerprint density at radius 3 is 2.32 bits per heavy atom. The first-order valence-electron chi connectivity index (χ1n) is 17.3. The van der Waals surface area contributed by atoms with E-state index in [1.165, 1.54) is 56.2 Å². The average molecular weight is 630 g/mol. The predicted molar refractivity (Wildman–Crippen MR) is 193 cm³/mol. The van der Waals surface area contributed by atoms with Crippen LogP contribution in [0.25, 0.3) is 0 Å². The van der Waals surface area contributed by atoms with Crippen LogP contribution < -0.4 is 19.2 Å². The Balaban J connectivity index is 1.42. The summed E-state index contributed by atoms with van der Waals surface area (Å²) in [6, 6.07) is 17.7. The quantitative estimate of drug-likeness (QED) is 0.222. The van der Waals surface area contributed by atoms with E-state index in [9.17, 15) is 0 Å². The molecular formula is C42H51N3O2+2. The van der Waals surface area contributed by atoms with E-state index in [1.807, 2.05) is 31.5 Å². The zero-order valence-electron chi connectivity index (χ0n) is 29.8. The minimum Gasteiger partial charge on any atom is -0.450 e. The van der Waals surface area contributed by atoms with E-state index in [0.717, 1.165) is 37.4 Å². The molecule has 0 N–H and O–H groups in total. The normalized spacial score (nSPS) is 19.8. The van der Waals surface area contributed by atoms with Crippen molar-refractivity contribution in [3.8, 4) is 5.75 Å². The maximum Gasteiger partial charge on any atom is 0.264 e. The number of anilines is 1. The largest absolute Gasteiger partial charge is 0.450 e. The van der Waals surface area contributed by atoms with Gasteiger partial charge in [-0.2, -0.15) is 4.58 Å². The molecule has 0 amide bonds. The van der Waals surface area contributed by atoms with Gasteiger partial charge in [0.1, 0.15) is 12.3 Å². The van der Waals surface area contributed by atoms with Crippen molar-refractivity contribution in [2.24, 2.45) is 0 Å². The molecule has 5 nitrogen and oxygen atoms in total. The number of pyridine rings is 1. The average Bonchev–Trinajstić information content (AvgIpc) is 3.59. The molecule has 1 aromatic heterocycles. The van der Waals surface area contributed by atoms with Crippen molar-refractivity contribution in [1.29, 1.82) is 0 Å². The molecule has 2 aromatic carbocycles. The topological polar surface area (TPSA) is 28.6 Å². The van der Waals surface area contributed by atoms with Crippen LogP contribution in [0.3, 0.4) is 0 Å². The number of aromatic nitrogens is 1. The lowest BCUT2D eigenvalue weighted by molar-refractivity contribution is -0.891. The molecule has 0 spiro atoms. The minimum absolute atomic E-state index is 0.0926. The van der Waals surface area contributed by atoms with Crippen LogP contribution in [-0.4, -0.2) is 30.0 Å². The summed E-state index contributed by atoms with van der Waals surface area (Å²) < 4.78 is 11.0. The van der Waals surface area contributed by atoms with Crippen LogP contribution in [0.5, 0.6) is 5.75 Å². The first-order chi connectivity index (χ1) is 22.5. The Kier molecular flexibility index (Phi) is 8.78. The maximum atomic E-state index is 6.78. The summed E-state index contributed by atoms with van der Waals surface area (Å²) in [5.41, 5.74) is 12.9. The number of aryl methyl sites for hydroxylation is 2. The number of hydrogen-bond donors (Lipinski definition) is 0. The maximum absolute atomic E-state index is 6.78. The first-order valence-corrected chi connectivity index (χ1v) is 17.3. The van der Waals surface area contributed by atoms with Gasteiger partial charge in [0.2, 0.25) is 11.9 Å². The third-order valence-corrected chi connectivity index (χ3v) is 10.1. The van der Waals surface area contributed by atoms with Crippen molar-refractivity contribution in [1.82, 2.24) is 0 Å². The molecule has 3 aromatic rings. The molecule has 244 valence electrons. The molecule has 0 radical (unpaired) electrons. The number of rotatable bonds is 9. The van der Waals surface area contributed by atoms with Crippen LogP contribution in [0.2, 0.25) is 0 Å². The van der Waals surface area contributed by atoms with Crippen LogP contribution in [-0.2, 0) is 10.8 Å². The van der Waals surface area contributed by atoms with E-state index < -0.39 is 0 Å². The lowest BCUT2D eigenvalue weighted by Gasteiger charge is -2.26. The highest BCUT2D eigenvalue weighted by Gasteiger charge is 2.44. The highest BCUT2D eigenvalue weighted by molar-refractivity contribution is 6.03. The number of ether oxygens (including phenoxy) is 1. The van der Waals surface area contributed by atoms with Gasteiger partial charge in [-0.25, -0.2) is 0 Å². The Morgan fingerprint density at radius 1 is 0.851 bits per heavy atom. The molecule has 0 fully saturated rings. The highest BCUT2D eigenvalue weighted by Crippen LogP contribution is 2.48. The van der Waals surface area contributed by atoms with Crippen LogP contribution in [0.1, 0.15) is 83.6 Å². The Hall–Kier alpha value is -4.38. The fourth-order valence-electron chi connectivity index (χ4n) is 7.61. The fourth-order valence-corrected chi connectivity index (χ4v) is 7.61. The molecule has 0 unspecified atom stereocenters. The molecule has 3 aliphatic rings. The van der Waals surface area contributed by atoms with Crippen molar-refractivity contribution in [3.63, 3.8) is 0 Å². The van der Waals surface area contributed by atoms with Gasteiger partial charge in [-0.3, -0.25) is 4.84 Å². The predicted octanol–water partition coefficient (Wildman–Crippen LogP) is 8.75. The van der Waals surface area contributed by atoms with E-state index >= 15 is 0 Å². The Labute approximate surface area is 281 Å². The summed E-state index contributed by atoms with van der Waals surface area (Å²) in [4.78, 5) is 8.20. The third-order valence-electron chi connectivity index (χ3n) is 10.1. The molecule has 0 bridgehead atoms. The number of nitrogens with zero attached hydrogens (tertiary/aromatic N) is 3. The van der Waals surface area contributed by atoms with Crippen molar-refractivity contribution in [2.45, 2.75) is 86.0 Å². The van der Waals surface area contributed by atoms with Gasteiger partial charge >= 0.3 is 0 Å². The van der Waals surface area contributed by atoms with E-state index in [4.69, 9.17) is 9.57 Å². The van der Waals surface area contributed by atoms with Crippen molar-refractivity contribution in [2.75, 3.05) is 24.6 Å². The second-order valence-electron chi connectivity index (χ2n) is 14.0. The van der Waals surface area contributed by atoms with Crippen molar-refractivity contribution < 1.29 is 18.9 Å². The smallest absolute Gasteiger partial charge is 0.264 e. The lowest BCUT2D eigenvalue weighted by Crippen LogP contribution is -2.41. The number of fused-ring (bicyclic) bond motifs is 2. The van der Waals surface area contributed by atoms with Gasteiger partial charge in [0.25, 0.3) is 6.20 Å². The second-order valence-corrected chi connectivity index (χ2v) is 14.0. The van der Waals surface area contributed by atoms with Crippen LogP contribution in [0, 0.1) is 13.8 Å². The van der Waals surface area contributed by atoms with E-state index in [0.29, 0.717) is 6.61 Å². The molecule has 1 aliphatic carbocycles. The molecule has 0 saturated carbocycles. The number of hydrogen-bond acceptors (Lipinski definition) is 3. The molecule has 2 aliphatic heterocycles. The standard InChI is InChI=1S/C42H51N3O2/c1-10-44-36-21-15-29(4)26-34(36)41(6,7)38(44)23-19-31-17-18-32(40(31)47-33-14-13-25-43(28-33)46-12-3)20-24-39-42(8,9)35-27-30(5)16-22-37(35)45(39)11-2/h13-16,19-28H,10-12,17-18H2,1-9H3/q+2. The van der Waals surface area contributed by atoms with E-state index in [-0.39, 0.29) is 10.8 Å². The summed E-state index contributed by atoms with van der Waals surface area (Å²) in [7, 11) is 0. The van der Waals surface area contributed by atoms with Gasteiger partial charge in [0.05, 0.1) is 5.41 Å². The van der Waals surface area contributed by atoms with Crippen LogP contribution >= 0.6 is 0 Å². The van der Waals surface area contributed by atoms with Gasteiger partial charge in [-0.05, 0) is 108 Å². The Morgan fingerprint density at radius 2 is 1.60 bits per heavy atom. The van der Waals surface area contributed by atoms with Crippen LogP contribution in [0.4, 0.5) is 11.4 Å². The highest BCUT2D eigenvalue weighted by atomic mass is 16.7. The van der Waals surface area contributed by atoms with Gasteiger partial charge in [-0.15, -0.1) is 0 Å². The SMILES string of the molecule is CCO[n+]1cccc(OC2=C(/C=C/C3=[N+](CC)c4ccc(C)cc4C3(C)C)CC/C2=C\C=C2\N(CC)c3ccc(C)cc3C2(C)C)c1. The monoisotopic (exact) mass is 629 g/mol. The first kappa shape index (κ1) is 32.6. The van der Waals surface area contributed by atoms with Crippen molar-refractivity contribution in [3.05, 3.63) is 130 Å². The van der Waals surface area contributed by atoms with Gasteiger partial charge in [-0.1, -0.05) is 49.2 Å². The van der Waals surface area contributed by atoms with Gasteiger partial charge in [0, 0.05) is 51.8 Å². The third kappa shape index (κ3) is 5.86. The Bertz CT molecular complexity index is 1870. The van der Waals surface area contributed by atoms with Gasteiger partial charge < -0.3 is 9.64 Å². The summed E-state index contributed by atoms with van der Waals surface area (Å²) in [6.45, 7) is 22.6. The summed E-state index contributed by atoms with van der Waals surface area (Å²) in [5, 5.41) is 0. The van der Waals surface area contributed by atoms with Crippen molar-refractivity contribution >= 4 is 17.1 Å². The van der Waals surface area contributed by atoms with E-state index in [1.54, 1.807) is 4.73 Å². The second kappa shape index (κ2) is 12.7. The molecule has 5 heteroatoms. The lowest BCUT2D eigenvalue weighted by atomic mass is 9.80. The minimum atomic E-state index is -0.0926. The summed E-state index contributed by atoms with van der Waals surface area (Å²) in [6.07, 6.45) is 14.9. The number of benzene rings is 2. The fraction of sp³-hybridized carbons (Fsp3) is 0.381. The summed E-state index contributed by atoms with van der Waals surface area (Å²) in [5.74, 6) is 1.70. The van der Waals surface area contributed by atoms with Crippen LogP contribution in [0.15, 0.2) is 108 Å². The molecular weight excluding hydrogens is 578 g/mol. The van der Waals surface area contributed by atoms with Gasteiger partial charge in [0.15, 0.2) is 18.1 Å².